The highest BCUT2D eigenvalue weighted by molar-refractivity contribution is 6.09. The molecule has 0 aliphatic carbocycles. The van der Waals surface area contributed by atoms with Crippen molar-refractivity contribution in [3.8, 4) is 0 Å². The van der Waals surface area contributed by atoms with E-state index in [1.807, 2.05) is 12.1 Å². The number of rotatable bonds is 1. The maximum atomic E-state index is 3.83. The number of aromatic nitrogens is 1. The number of para-hydroxylation sites is 2. The van der Waals surface area contributed by atoms with Crippen LogP contribution in [0.5, 0.6) is 0 Å². The minimum atomic E-state index is 1.16. The molecule has 1 aromatic heterocycles. The first kappa shape index (κ1) is 17.3. The maximum absolute atomic E-state index is 3.83. The van der Waals surface area contributed by atoms with Crippen molar-refractivity contribution in [1.82, 2.24) is 4.98 Å². The molecule has 29 heavy (non-hydrogen) atoms. The molecule has 6 rings (SSSR count). The molecule has 0 bridgehead atoms. The van der Waals surface area contributed by atoms with Crippen molar-refractivity contribution >= 4 is 49.4 Å². The SMILES string of the molecule is C=Cc1cccc2c1[nH]c1ccccc12.c1ccc2cc3ccccc3cc2c1. The summed E-state index contributed by atoms with van der Waals surface area (Å²) in [6.07, 6.45) is 1.89. The summed E-state index contributed by atoms with van der Waals surface area (Å²) in [5, 5.41) is 7.79. The zero-order chi connectivity index (χ0) is 19.6. The van der Waals surface area contributed by atoms with Gasteiger partial charge >= 0.3 is 0 Å². The van der Waals surface area contributed by atoms with Crippen LogP contribution >= 0.6 is 0 Å². The lowest BCUT2D eigenvalue weighted by Gasteiger charge is -2.00. The van der Waals surface area contributed by atoms with Crippen molar-refractivity contribution in [3.63, 3.8) is 0 Å². The van der Waals surface area contributed by atoms with Gasteiger partial charge in [0.25, 0.3) is 0 Å². The molecule has 0 saturated carbocycles. The van der Waals surface area contributed by atoms with E-state index in [0.29, 0.717) is 0 Å². The summed E-state index contributed by atoms with van der Waals surface area (Å²) in [5.41, 5.74) is 3.51. The van der Waals surface area contributed by atoms with Crippen molar-refractivity contribution < 1.29 is 0 Å². The van der Waals surface area contributed by atoms with Crippen LogP contribution in [-0.2, 0) is 0 Å². The van der Waals surface area contributed by atoms with Crippen LogP contribution in [0.3, 0.4) is 0 Å². The molecule has 5 aromatic carbocycles. The van der Waals surface area contributed by atoms with Crippen molar-refractivity contribution in [2.75, 3.05) is 0 Å². The molecule has 1 nitrogen and oxygen atoms in total. The Balaban J connectivity index is 0.000000125. The fourth-order valence-corrected chi connectivity index (χ4v) is 3.95. The molecule has 1 heteroatoms. The first-order valence-corrected chi connectivity index (χ1v) is 9.83. The number of nitrogens with one attached hydrogen (secondary N) is 1. The molecular formula is C28H21N. The lowest BCUT2D eigenvalue weighted by atomic mass is 10.0. The van der Waals surface area contributed by atoms with Gasteiger partial charge in [0.2, 0.25) is 0 Å². The third-order valence-electron chi connectivity index (χ3n) is 5.41. The number of H-pyrrole nitrogens is 1. The van der Waals surface area contributed by atoms with Gasteiger partial charge in [0.15, 0.2) is 0 Å². The van der Waals surface area contributed by atoms with Crippen molar-refractivity contribution in [2.45, 2.75) is 0 Å². The van der Waals surface area contributed by atoms with Gasteiger partial charge in [-0.25, -0.2) is 0 Å². The van der Waals surface area contributed by atoms with Gasteiger partial charge in [-0.3, -0.25) is 0 Å². The van der Waals surface area contributed by atoms with Gasteiger partial charge in [-0.05, 0) is 45.3 Å². The van der Waals surface area contributed by atoms with E-state index in [1.165, 1.54) is 43.4 Å². The van der Waals surface area contributed by atoms with E-state index in [-0.39, 0.29) is 0 Å². The van der Waals surface area contributed by atoms with Crippen LogP contribution in [0.25, 0.3) is 49.4 Å². The van der Waals surface area contributed by atoms with E-state index in [9.17, 15) is 0 Å². The Labute approximate surface area is 169 Å². The largest absolute Gasteiger partial charge is 0.354 e. The van der Waals surface area contributed by atoms with E-state index in [4.69, 9.17) is 0 Å². The molecule has 0 aliphatic rings. The van der Waals surface area contributed by atoms with E-state index in [1.54, 1.807) is 0 Å². The molecule has 0 fully saturated rings. The summed E-state index contributed by atoms with van der Waals surface area (Å²) in [7, 11) is 0. The van der Waals surface area contributed by atoms with Gasteiger partial charge in [0.1, 0.15) is 0 Å². The van der Waals surface area contributed by atoms with Gasteiger partial charge in [0, 0.05) is 16.3 Å². The van der Waals surface area contributed by atoms with Gasteiger partial charge in [-0.1, -0.05) is 97.6 Å². The van der Waals surface area contributed by atoms with Crippen LogP contribution in [0.2, 0.25) is 0 Å². The molecule has 0 spiro atoms. The monoisotopic (exact) mass is 371 g/mol. The van der Waals surface area contributed by atoms with Gasteiger partial charge in [-0.2, -0.15) is 0 Å². The van der Waals surface area contributed by atoms with E-state index in [2.05, 4.69) is 109 Å². The Kier molecular flexibility index (Phi) is 4.34. The smallest absolute Gasteiger partial charge is 0.0538 e. The summed E-state index contributed by atoms with van der Waals surface area (Å²) in [6.45, 7) is 3.83. The predicted molar refractivity (Wildman–Crippen MR) is 127 cm³/mol. The van der Waals surface area contributed by atoms with Crippen molar-refractivity contribution in [3.05, 3.63) is 115 Å². The first-order chi connectivity index (χ1) is 14.3. The van der Waals surface area contributed by atoms with Crippen LogP contribution in [0.4, 0.5) is 0 Å². The highest BCUT2D eigenvalue weighted by Gasteiger charge is 2.04. The van der Waals surface area contributed by atoms with Crippen LogP contribution < -0.4 is 0 Å². The second-order valence-corrected chi connectivity index (χ2v) is 7.19. The highest BCUT2D eigenvalue weighted by atomic mass is 14.7. The van der Waals surface area contributed by atoms with Crippen LogP contribution in [0.1, 0.15) is 5.56 Å². The first-order valence-electron chi connectivity index (χ1n) is 9.83. The number of benzene rings is 5. The fourth-order valence-electron chi connectivity index (χ4n) is 3.95. The van der Waals surface area contributed by atoms with Gasteiger partial charge < -0.3 is 4.98 Å². The molecule has 138 valence electrons. The fraction of sp³-hybridized carbons (Fsp3) is 0. The molecule has 1 heterocycles. The predicted octanol–water partition coefficient (Wildman–Crippen LogP) is 7.96. The van der Waals surface area contributed by atoms with Crippen molar-refractivity contribution in [2.24, 2.45) is 0 Å². The third-order valence-corrected chi connectivity index (χ3v) is 5.41. The lowest BCUT2D eigenvalue weighted by molar-refractivity contribution is 1.53. The molecule has 0 radical (unpaired) electrons. The molecule has 0 atom stereocenters. The number of hydrogen-bond donors (Lipinski definition) is 1. The van der Waals surface area contributed by atoms with Crippen LogP contribution in [0.15, 0.2) is 110 Å². The minimum absolute atomic E-state index is 1.16. The molecule has 0 amide bonds. The third kappa shape index (κ3) is 3.17. The van der Waals surface area contributed by atoms with Gasteiger partial charge in [-0.15, -0.1) is 0 Å². The normalized spacial score (nSPS) is 10.9. The topological polar surface area (TPSA) is 15.8 Å². The molecule has 1 N–H and O–H groups in total. The Morgan fingerprint density at radius 1 is 0.552 bits per heavy atom. The number of fused-ring (bicyclic) bond motifs is 5. The number of hydrogen-bond acceptors (Lipinski definition) is 0. The molecule has 0 saturated heterocycles. The highest BCUT2D eigenvalue weighted by Crippen LogP contribution is 2.27. The van der Waals surface area contributed by atoms with Crippen molar-refractivity contribution in [1.29, 1.82) is 0 Å². The minimum Gasteiger partial charge on any atom is -0.354 e. The zero-order valence-electron chi connectivity index (χ0n) is 16.1. The Morgan fingerprint density at radius 2 is 1.07 bits per heavy atom. The Morgan fingerprint density at radius 3 is 1.66 bits per heavy atom. The van der Waals surface area contributed by atoms with E-state index < -0.39 is 0 Å². The summed E-state index contributed by atoms with van der Waals surface area (Å²) in [5.74, 6) is 0. The molecule has 6 aromatic rings. The average Bonchev–Trinajstić information content (AvgIpc) is 3.17. The second kappa shape index (κ2) is 7.29. The molecule has 0 aliphatic heterocycles. The van der Waals surface area contributed by atoms with Crippen LogP contribution in [0, 0.1) is 0 Å². The maximum Gasteiger partial charge on any atom is 0.0538 e. The molecule has 0 unspecified atom stereocenters. The molecular weight excluding hydrogens is 350 g/mol. The quantitative estimate of drug-likeness (QED) is 0.282. The standard InChI is InChI=1S/C14H11N.C14H10/c1-2-10-6-5-8-12-11-7-3-4-9-13(11)15-14(10)12;1-2-6-12-10-14-8-4-3-7-13(14)9-11(12)5-1/h2-9,15H,1H2;1-10H. The Bertz CT molecular complexity index is 1360. The second-order valence-electron chi connectivity index (χ2n) is 7.19. The number of aromatic amines is 1. The van der Waals surface area contributed by atoms with Crippen LogP contribution in [-0.4, -0.2) is 4.98 Å². The average molecular weight is 371 g/mol. The van der Waals surface area contributed by atoms with Gasteiger partial charge in [0.05, 0.1) is 5.52 Å². The summed E-state index contributed by atoms with van der Waals surface area (Å²) < 4.78 is 0. The summed E-state index contributed by atoms with van der Waals surface area (Å²) in [6, 6.07) is 36.1. The zero-order valence-corrected chi connectivity index (χ0v) is 16.1. The van der Waals surface area contributed by atoms with E-state index in [0.717, 1.165) is 5.56 Å². The summed E-state index contributed by atoms with van der Waals surface area (Å²) >= 11 is 0. The summed E-state index contributed by atoms with van der Waals surface area (Å²) in [4.78, 5) is 3.43. The Hall–Kier alpha value is -3.84. The lowest BCUT2D eigenvalue weighted by Crippen LogP contribution is -1.74. The van der Waals surface area contributed by atoms with E-state index >= 15 is 0 Å².